The predicted molar refractivity (Wildman–Crippen MR) is 69.0 cm³/mol. The summed E-state index contributed by atoms with van der Waals surface area (Å²) < 4.78 is 27.5. The third kappa shape index (κ3) is 3.52. The molecule has 0 unspecified atom stereocenters. The number of sulfone groups is 1. The summed E-state index contributed by atoms with van der Waals surface area (Å²) in [7, 11) is -3.28. The van der Waals surface area contributed by atoms with Crippen LogP contribution < -0.4 is 5.32 Å². The molecule has 6 nitrogen and oxygen atoms in total. The smallest absolute Gasteiger partial charge is 0.237 e. The van der Waals surface area contributed by atoms with Crippen LogP contribution >= 0.6 is 0 Å². The molecule has 0 aliphatic rings. The Kier molecular flexibility index (Phi) is 4.86. The second-order valence-corrected chi connectivity index (χ2v) is 7.31. The maximum Gasteiger partial charge on any atom is 0.237 e. The molecule has 0 bridgehead atoms. The lowest BCUT2D eigenvalue weighted by Crippen LogP contribution is -2.28. The molecule has 0 fully saturated rings. The van der Waals surface area contributed by atoms with Crippen molar-refractivity contribution in [2.75, 3.05) is 19.3 Å². The molecule has 1 aromatic rings. The van der Waals surface area contributed by atoms with Gasteiger partial charge in [-0.1, -0.05) is 6.92 Å². The minimum absolute atomic E-state index is 0.156. The zero-order valence-electron chi connectivity index (χ0n) is 11.4. The van der Waals surface area contributed by atoms with E-state index in [0.29, 0.717) is 12.3 Å². The molecule has 0 saturated heterocycles. The van der Waals surface area contributed by atoms with Gasteiger partial charge < -0.3 is 9.73 Å². The monoisotopic (exact) mass is 275 g/mol. The van der Waals surface area contributed by atoms with Crippen LogP contribution in [-0.4, -0.2) is 38.0 Å². The third-order valence-corrected chi connectivity index (χ3v) is 4.93. The molecule has 0 radical (unpaired) electrons. The van der Waals surface area contributed by atoms with Gasteiger partial charge in [0.25, 0.3) is 0 Å². The first-order valence-electron chi connectivity index (χ1n) is 6.02. The maximum absolute atomic E-state index is 11.6. The molecule has 0 saturated carbocycles. The second-order valence-electron chi connectivity index (χ2n) is 4.74. The lowest BCUT2D eigenvalue weighted by atomic mass is 10.2. The Labute approximate surface area is 108 Å². The van der Waals surface area contributed by atoms with E-state index in [1.54, 1.807) is 13.8 Å². The molecule has 0 aliphatic carbocycles. The maximum atomic E-state index is 11.6. The van der Waals surface area contributed by atoms with Gasteiger partial charge in [0.1, 0.15) is 4.75 Å². The first kappa shape index (κ1) is 15.1. The minimum atomic E-state index is -3.28. The zero-order valence-corrected chi connectivity index (χ0v) is 12.2. The first-order chi connectivity index (χ1) is 8.29. The summed E-state index contributed by atoms with van der Waals surface area (Å²) in [6.07, 6.45) is 2.71. The fourth-order valence-electron chi connectivity index (χ4n) is 1.30. The second kappa shape index (κ2) is 5.79. The van der Waals surface area contributed by atoms with E-state index in [4.69, 9.17) is 4.42 Å². The van der Waals surface area contributed by atoms with Crippen molar-refractivity contribution in [3.63, 3.8) is 0 Å². The molecular weight excluding hydrogens is 254 g/mol. The number of hydrogen-bond donors (Lipinski definition) is 1. The van der Waals surface area contributed by atoms with Crippen molar-refractivity contribution in [3.05, 3.63) is 11.8 Å². The third-order valence-electron chi connectivity index (χ3n) is 2.90. The molecule has 1 rings (SSSR count). The summed E-state index contributed by atoms with van der Waals surface area (Å²) in [5, 5.41) is 10.9. The molecule has 1 aromatic heterocycles. The highest BCUT2D eigenvalue weighted by Crippen LogP contribution is 2.27. The Hall–Kier alpha value is -0.950. The van der Waals surface area contributed by atoms with Gasteiger partial charge in [-0.15, -0.1) is 10.2 Å². The van der Waals surface area contributed by atoms with Crippen LogP contribution in [0.3, 0.4) is 0 Å². The van der Waals surface area contributed by atoms with Gasteiger partial charge in [-0.3, -0.25) is 0 Å². The van der Waals surface area contributed by atoms with E-state index in [2.05, 4.69) is 15.5 Å². The largest absolute Gasteiger partial charge is 0.424 e. The van der Waals surface area contributed by atoms with E-state index in [0.717, 1.165) is 19.5 Å². The van der Waals surface area contributed by atoms with Crippen LogP contribution in [0.5, 0.6) is 0 Å². The Balaban J connectivity index is 2.69. The van der Waals surface area contributed by atoms with Gasteiger partial charge in [0.05, 0.1) is 0 Å². The van der Waals surface area contributed by atoms with Crippen molar-refractivity contribution >= 4 is 9.84 Å². The van der Waals surface area contributed by atoms with Crippen LogP contribution in [-0.2, 0) is 21.0 Å². The van der Waals surface area contributed by atoms with E-state index in [9.17, 15) is 8.42 Å². The van der Waals surface area contributed by atoms with Crippen LogP contribution in [0.25, 0.3) is 0 Å². The van der Waals surface area contributed by atoms with Crippen molar-refractivity contribution in [2.24, 2.45) is 0 Å². The van der Waals surface area contributed by atoms with Gasteiger partial charge in [0.2, 0.25) is 11.8 Å². The van der Waals surface area contributed by atoms with Crippen LogP contribution in [0.2, 0.25) is 0 Å². The van der Waals surface area contributed by atoms with Crippen molar-refractivity contribution in [3.8, 4) is 0 Å². The van der Waals surface area contributed by atoms with Crippen LogP contribution in [0.15, 0.2) is 4.42 Å². The summed E-state index contributed by atoms with van der Waals surface area (Å²) in [5.41, 5.74) is 0. The molecule has 0 aliphatic heterocycles. The van der Waals surface area contributed by atoms with E-state index < -0.39 is 14.6 Å². The summed E-state index contributed by atoms with van der Waals surface area (Å²) in [4.78, 5) is 0. The molecule has 7 heteroatoms. The predicted octanol–water partition coefficient (Wildman–Crippen LogP) is 0.891. The SMILES string of the molecule is CCNCCCc1nnc(C(C)(C)S(C)(=O)=O)o1. The molecule has 0 aromatic carbocycles. The highest BCUT2D eigenvalue weighted by molar-refractivity contribution is 7.91. The molecule has 0 atom stereocenters. The molecular formula is C11H21N3O3S. The van der Waals surface area contributed by atoms with Crippen LogP contribution in [0, 0.1) is 0 Å². The number of hydrogen-bond acceptors (Lipinski definition) is 6. The normalized spacial score (nSPS) is 12.9. The lowest BCUT2D eigenvalue weighted by molar-refractivity contribution is 0.402. The zero-order chi connectivity index (χ0) is 13.8. The van der Waals surface area contributed by atoms with Crippen molar-refractivity contribution in [1.82, 2.24) is 15.5 Å². The molecule has 0 spiro atoms. The average Bonchev–Trinajstić information content (AvgIpc) is 2.72. The van der Waals surface area contributed by atoms with Gasteiger partial charge in [-0.05, 0) is 33.4 Å². The molecule has 18 heavy (non-hydrogen) atoms. The lowest BCUT2D eigenvalue weighted by Gasteiger charge is -2.16. The van der Waals surface area contributed by atoms with Crippen molar-refractivity contribution in [2.45, 2.75) is 38.4 Å². The van der Waals surface area contributed by atoms with Gasteiger partial charge in [-0.25, -0.2) is 8.42 Å². The fourth-order valence-corrected chi connectivity index (χ4v) is 1.70. The van der Waals surface area contributed by atoms with Gasteiger partial charge in [0, 0.05) is 12.7 Å². The Morgan fingerprint density at radius 2 is 2.00 bits per heavy atom. The quantitative estimate of drug-likeness (QED) is 0.744. The average molecular weight is 275 g/mol. The minimum Gasteiger partial charge on any atom is -0.424 e. The number of aryl methyl sites for hydroxylation is 1. The standard InChI is InChI=1S/C11H21N3O3S/c1-5-12-8-6-7-9-13-14-10(17-9)11(2,3)18(4,15)16/h12H,5-8H2,1-4H3. The Bertz CT molecular complexity index is 479. The van der Waals surface area contributed by atoms with Crippen LogP contribution in [0.4, 0.5) is 0 Å². The molecule has 1 N–H and O–H groups in total. The van der Waals surface area contributed by atoms with E-state index in [1.165, 1.54) is 6.26 Å². The van der Waals surface area contributed by atoms with Crippen molar-refractivity contribution < 1.29 is 12.8 Å². The highest BCUT2D eigenvalue weighted by atomic mass is 32.2. The summed E-state index contributed by atoms with van der Waals surface area (Å²) in [5.74, 6) is 0.642. The van der Waals surface area contributed by atoms with E-state index in [-0.39, 0.29) is 5.89 Å². The Morgan fingerprint density at radius 3 is 2.56 bits per heavy atom. The van der Waals surface area contributed by atoms with Gasteiger partial charge in [-0.2, -0.15) is 0 Å². The van der Waals surface area contributed by atoms with Gasteiger partial charge >= 0.3 is 0 Å². The number of rotatable bonds is 7. The summed E-state index contributed by atoms with van der Waals surface area (Å²) >= 11 is 0. The first-order valence-corrected chi connectivity index (χ1v) is 7.91. The summed E-state index contributed by atoms with van der Waals surface area (Å²) in [6, 6.07) is 0. The van der Waals surface area contributed by atoms with Crippen molar-refractivity contribution in [1.29, 1.82) is 0 Å². The fraction of sp³-hybridized carbons (Fsp3) is 0.818. The Morgan fingerprint density at radius 1 is 1.33 bits per heavy atom. The molecule has 1 heterocycles. The topological polar surface area (TPSA) is 85.1 Å². The van der Waals surface area contributed by atoms with E-state index in [1.807, 2.05) is 6.92 Å². The van der Waals surface area contributed by atoms with E-state index >= 15 is 0 Å². The number of nitrogens with zero attached hydrogens (tertiary/aromatic N) is 2. The number of nitrogens with one attached hydrogen (secondary N) is 1. The summed E-state index contributed by atoms with van der Waals surface area (Å²) in [6.45, 7) is 6.98. The highest BCUT2D eigenvalue weighted by Gasteiger charge is 2.37. The molecule has 0 amide bonds. The molecule has 104 valence electrons. The van der Waals surface area contributed by atoms with Crippen LogP contribution in [0.1, 0.15) is 39.0 Å². The number of aromatic nitrogens is 2. The van der Waals surface area contributed by atoms with Gasteiger partial charge in [0.15, 0.2) is 9.84 Å².